The van der Waals surface area contributed by atoms with Gasteiger partial charge in [-0.3, -0.25) is 14.5 Å². The zero-order chi connectivity index (χ0) is 24.1. The molecule has 0 radical (unpaired) electrons. The lowest BCUT2D eigenvalue weighted by atomic mass is 10.1. The molecule has 2 amide bonds. The molecule has 3 aliphatic rings. The minimum absolute atomic E-state index is 0.00661. The number of nitrogens with two attached hydrogens (primary N) is 2. The highest BCUT2D eigenvalue weighted by molar-refractivity contribution is 7.89. The molecule has 0 bridgehead atoms. The molecule has 2 aliphatic heterocycles. The molecule has 2 heterocycles. The third kappa shape index (κ3) is 4.48. The van der Waals surface area contributed by atoms with E-state index in [1.54, 1.807) is 33.9 Å². The SMILES string of the molecule is C[C@@H](c1cccc(S(N)(=O)=O)c1)N1CCC(N(C)CC(N)C(=O)N2C(C#N)C[C@@H]3CC32)C1=O. The van der Waals surface area contributed by atoms with E-state index in [9.17, 15) is 23.3 Å². The summed E-state index contributed by atoms with van der Waals surface area (Å²) in [5.74, 6) is 0.0978. The molecular formula is C22H30N6O4S. The van der Waals surface area contributed by atoms with Crippen LogP contribution in [0.4, 0.5) is 0 Å². The summed E-state index contributed by atoms with van der Waals surface area (Å²) in [6, 6.07) is 6.66. The number of rotatable bonds is 7. The summed E-state index contributed by atoms with van der Waals surface area (Å²) in [5, 5.41) is 14.6. The highest BCUT2D eigenvalue weighted by Crippen LogP contribution is 2.47. The Morgan fingerprint density at radius 1 is 1.36 bits per heavy atom. The summed E-state index contributed by atoms with van der Waals surface area (Å²) in [5.41, 5.74) is 6.90. The molecule has 1 saturated carbocycles. The first-order chi connectivity index (χ1) is 15.5. The highest BCUT2D eigenvalue weighted by Gasteiger charge is 2.54. The Labute approximate surface area is 194 Å². The molecule has 4 N–H and O–H groups in total. The summed E-state index contributed by atoms with van der Waals surface area (Å²) >= 11 is 0. The fourth-order valence-corrected chi connectivity index (χ4v) is 5.78. The Hall–Kier alpha value is -2.52. The van der Waals surface area contributed by atoms with Crippen LogP contribution < -0.4 is 10.9 Å². The summed E-state index contributed by atoms with van der Waals surface area (Å²) < 4.78 is 23.4. The van der Waals surface area contributed by atoms with Crippen molar-refractivity contribution in [3.05, 3.63) is 29.8 Å². The van der Waals surface area contributed by atoms with Gasteiger partial charge in [-0.25, -0.2) is 13.6 Å². The third-order valence-electron chi connectivity index (χ3n) is 7.19. The lowest BCUT2D eigenvalue weighted by molar-refractivity contribution is -0.136. The van der Waals surface area contributed by atoms with Crippen LogP contribution >= 0.6 is 0 Å². The van der Waals surface area contributed by atoms with Crippen LogP contribution in [0.25, 0.3) is 0 Å². The van der Waals surface area contributed by atoms with E-state index in [2.05, 4.69) is 6.07 Å². The van der Waals surface area contributed by atoms with Crippen molar-refractivity contribution in [1.82, 2.24) is 14.7 Å². The molecular weight excluding hydrogens is 444 g/mol. The van der Waals surface area contributed by atoms with E-state index < -0.39 is 28.1 Å². The van der Waals surface area contributed by atoms with Crippen molar-refractivity contribution < 1.29 is 18.0 Å². The van der Waals surface area contributed by atoms with Crippen molar-refractivity contribution in [2.45, 2.75) is 61.3 Å². The van der Waals surface area contributed by atoms with E-state index in [-0.39, 0.29) is 35.3 Å². The van der Waals surface area contributed by atoms with Crippen molar-refractivity contribution in [2.75, 3.05) is 20.1 Å². The number of sulfonamides is 1. The first-order valence-corrected chi connectivity index (χ1v) is 12.7. The van der Waals surface area contributed by atoms with Gasteiger partial charge in [-0.15, -0.1) is 0 Å². The standard InChI is InChI=1S/C22H30N6O4S/c1-13(14-4-3-5-17(9-14)33(25,31)32)27-7-6-19(22(27)30)26(2)12-18(24)21(29)28-16(11-23)8-15-10-20(15)28/h3-5,9,13,15-16,18-20H,6-8,10,12,24H2,1-2H3,(H2,25,31,32)/t13-,15+,16?,18?,19?,20?/m0/s1. The largest absolute Gasteiger partial charge is 0.335 e. The zero-order valence-corrected chi connectivity index (χ0v) is 19.6. The molecule has 2 saturated heterocycles. The number of carbonyl (C=O) groups is 2. The van der Waals surface area contributed by atoms with E-state index in [0.717, 1.165) is 12.8 Å². The zero-order valence-electron chi connectivity index (χ0n) is 18.8. The summed E-state index contributed by atoms with van der Waals surface area (Å²) in [6.45, 7) is 2.56. The highest BCUT2D eigenvalue weighted by atomic mass is 32.2. The fraction of sp³-hybridized carbons (Fsp3) is 0.591. The van der Waals surface area contributed by atoms with E-state index in [1.807, 2.05) is 6.92 Å². The number of piperidine rings is 1. The van der Waals surface area contributed by atoms with Gasteiger partial charge < -0.3 is 15.5 Å². The molecule has 178 valence electrons. The molecule has 11 heteroatoms. The van der Waals surface area contributed by atoms with Crippen molar-refractivity contribution in [3.63, 3.8) is 0 Å². The minimum Gasteiger partial charge on any atom is -0.335 e. The van der Waals surface area contributed by atoms with Crippen LogP contribution in [0.1, 0.15) is 37.8 Å². The number of primary sulfonamides is 1. The Morgan fingerprint density at radius 3 is 2.76 bits per heavy atom. The van der Waals surface area contributed by atoms with Crippen LogP contribution in [0.3, 0.4) is 0 Å². The molecule has 0 aromatic heterocycles. The first-order valence-electron chi connectivity index (χ1n) is 11.1. The van der Waals surface area contributed by atoms with E-state index in [0.29, 0.717) is 24.4 Å². The average Bonchev–Trinajstić information content (AvgIpc) is 3.27. The van der Waals surface area contributed by atoms with Gasteiger partial charge in [0.2, 0.25) is 21.8 Å². The summed E-state index contributed by atoms with van der Waals surface area (Å²) in [4.78, 5) is 31.3. The van der Waals surface area contributed by atoms with Gasteiger partial charge >= 0.3 is 0 Å². The van der Waals surface area contributed by atoms with E-state index in [1.165, 1.54) is 12.1 Å². The molecule has 6 atom stereocenters. The van der Waals surface area contributed by atoms with Crippen molar-refractivity contribution in [2.24, 2.45) is 16.8 Å². The quantitative estimate of drug-likeness (QED) is 0.553. The number of nitrogens with zero attached hydrogens (tertiary/aromatic N) is 4. The number of likely N-dealkylation sites (tertiary alicyclic amines) is 2. The summed E-state index contributed by atoms with van der Waals surface area (Å²) in [6.07, 6.45) is 2.23. The lowest BCUT2D eigenvalue weighted by Crippen LogP contribution is -2.53. The van der Waals surface area contributed by atoms with Gasteiger partial charge in [0.1, 0.15) is 6.04 Å². The summed E-state index contributed by atoms with van der Waals surface area (Å²) in [7, 11) is -2.06. The molecule has 0 spiro atoms. The predicted molar refractivity (Wildman–Crippen MR) is 120 cm³/mol. The molecule has 1 aromatic rings. The van der Waals surface area contributed by atoms with Gasteiger partial charge in [0.15, 0.2) is 0 Å². The number of benzene rings is 1. The van der Waals surface area contributed by atoms with Crippen molar-refractivity contribution >= 4 is 21.8 Å². The molecule has 4 rings (SSSR count). The smallest absolute Gasteiger partial charge is 0.242 e. The van der Waals surface area contributed by atoms with Crippen molar-refractivity contribution in [3.8, 4) is 6.07 Å². The van der Waals surface area contributed by atoms with Gasteiger partial charge in [-0.2, -0.15) is 5.26 Å². The normalized spacial score (nSPS) is 28.5. The second-order valence-corrected chi connectivity index (χ2v) is 10.9. The van der Waals surface area contributed by atoms with Crippen LogP contribution in [0.15, 0.2) is 29.2 Å². The second-order valence-electron chi connectivity index (χ2n) is 9.36. The van der Waals surface area contributed by atoms with Gasteiger partial charge in [0.25, 0.3) is 0 Å². The van der Waals surface area contributed by atoms with Crippen LogP contribution in [0.2, 0.25) is 0 Å². The van der Waals surface area contributed by atoms with Gasteiger partial charge in [-0.1, -0.05) is 12.1 Å². The minimum atomic E-state index is -3.84. The number of likely N-dealkylation sites (N-methyl/N-ethyl adjacent to an activating group) is 1. The number of hydrogen-bond acceptors (Lipinski definition) is 7. The molecule has 33 heavy (non-hydrogen) atoms. The van der Waals surface area contributed by atoms with Crippen LogP contribution in [-0.2, 0) is 19.6 Å². The lowest BCUT2D eigenvalue weighted by Gasteiger charge is -2.31. The number of amides is 2. The number of fused-ring (bicyclic) bond motifs is 1. The molecule has 3 fully saturated rings. The van der Waals surface area contributed by atoms with Crippen LogP contribution in [0, 0.1) is 17.2 Å². The van der Waals surface area contributed by atoms with E-state index >= 15 is 0 Å². The maximum Gasteiger partial charge on any atom is 0.242 e. The molecule has 1 aliphatic carbocycles. The first kappa shape index (κ1) is 23.6. The van der Waals surface area contributed by atoms with Crippen LogP contribution in [0.5, 0.6) is 0 Å². The molecule has 1 aromatic carbocycles. The number of hydrogen-bond donors (Lipinski definition) is 2. The van der Waals surface area contributed by atoms with Gasteiger partial charge in [0, 0.05) is 19.1 Å². The topological polar surface area (TPSA) is 154 Å². The number of carbonyl (C=O) groups excluding carboxylic acids is 2. The fourth-order valence-electron chi connectivity index (χ4n) is 5.21. The Morgan fingerprint density at radius 2 is 2.09 bits per heavy atom. The second kappa shape index (κ2) is 8.68. The molecule has 4 unspecified atom stereocenters. The van der Waals surface area contributed by atoms with Crippen molar-refractivity contribution in [1.29, 1.82) is 5.26 Å². The van der Waals surface area contributed by atoms with Crippen LogP contribution in [-0.4, -0.2) is 79.2 Å². The molecule has 10 nitrogen and oxygen atoms in total. The average molecular weight is 475 g/mol. The van der Waals surface area contributed by atoms with Gasteiger partial charge in [0.05, 0.1) is 29.1 Å². The monoisotopic (exact) mass is 474 g/mol. The Balaban J connectivity index is 1.39. The predicted octanol–water partition coefficient (Wildman–Crippen LogP) is -0.232. The Bertz CT molecular complexity index is 1100. The van der Waals surface area contributed by atoms with E-state index in [4.69, 9.17) is 10.9 Å². The maximum absolute atomic E-state index is 13.2. The van der Waals surface area contributed by atoms with Gasteiger partial charge in [-0.05, 0) is 56.8 Å². The third-order valence-corrected chi connectivity index (χ3v) is 8.10. The Kier molecular flexibility index (Phi) is 6.22. The maximum atomic E-state index is 13.2. The number of nitriles is 1.